The van der Waals surface area contributed by atoms with Gasteiger partial charge in [-0.2, -0.15) is 0 Å². The number of aryl methyl sites for hydroxylation is 1. The highest BCUT2D eigenvalue weighted by atomic mass is 16.5. The average Bonchev–Trinajstić information content (AvgIpc) is 3.37. The summed E-state index contributed by atoms with van der Waals surface area (Å²) in [6, 6.07) is 24.4. The lowest BCUT2D eigenvalue weighted by Gasteiger charge is -2.18. The number of hydrogen-bond donors (Lipinski definition) is 0. The molecule has 0 aliphatic carbocycles. The number of imidazole rings is 1. The van der Waals surface area contributed by atoms with Gasteiger partial charge < -0.3 is 14.2 Å². The summed E-state index contributed by atoms with van der Waals surface area (Å²) in [4.78, 5) is 19.8. The van der Waals surface area contributed by atoms with Crippen molar-refractivity contribution >= 4 is 22.6 Å². The lowest BCUT2D eigenvalue weighted by Crippen LogP contribution is -2.24. The number of amides is 1. The lowest BCUT2D eigenvalue weighted by atomic mass is 10.1. The number of benzene rings is 3. The minimum atomic E-state index is 0.0467. The molecule has 4 aromatic rings. The van der Waals surface area contributed by atoms with Crippen LogP contribution in [0.2, 0.25) is 0 Å². The Morgan fingerprint density at radius 3 is 2.53 bits per heavy atom. The summed E-state index contributed by atoms with van der Waals surface area (Å²) >= 11 is 0. The van der Waals surface area contributed by atoms with Crippen molar-refractivity contribution in [3.05, 3.63) is 89.7 Å². The fraction of sp³-hybridized carbons (Fsp3) is 0.259. The summed E-state index contributed by atoms with van der Waals surface area (Å²) < 4.78 is 7.83. The first-order chi connectivity index (χ1) is 15.6. The third-order valence-corrected chi connectivity index (χ3v) is 6.22. The van der Waals surface area contributed by atoms with Crippen LogP contribution in [0.25, 0.3) is 11.0 Å². The number of fused-ring (bicyclic) bond motifs is 1. The molecule has 5 rings (SSSR count). The van der Waals surface area contributed by atoms with Gasteiger partial charge in [0.05, 0.1) is 17.6 Å². The van der Waals surface area contributed by atoms with Crippen molar-refractivity contribution in [3.63, 3.8) is 0 Å². The maximum Gasteiger partial charge on any atom is 0.227 e. The van der Waals surface area contributed by atoms with Crippen LogP contribution >= 0.6 is 0 Å². The van der Waals surface area contributed by atoms with Crippen molar-refractivity contribution in [1.82, 2.24) is 9.55 Å². The number of carbonyl (C=O) groups is 1. The van der Waals surface area contributed by atoms with Gasteiger partial charge in [0.25, 0.3) is 0 Å². The van der Waals surface area contributed by atoms with E-state index in [9.17, 15) is 4.79 Å². The highest BCUT2D eigenvalue weighted by Crippen LogP contribution is 2.34. The molecule has 0 radical (unpaired) electrons. The quantitative estimate of drug-likeness (QED) is 0.420. The minimum Gasteiger partial charge on any atom is -0.494 e. The number of nitrogens with zero attached hydrogens (tertiary/aromatic N) is 3. The summed E-state index contributed by atoms with van der Waals surface area (Å²) in [5.41, 5.74) is 5.52. The number of rotatable bonds is 6. The second-order valence-corrected chi connectivity index (χ2v) is 8.30. The predicted octanol–water partition coefficient (Wildman–Crippen LogP) is 5.31. The molecule has 32 heavy (non-hydrogen) atoms. The number of para-hydroxylation sites is 2. The summed E-state index contributed by atoms with van der Waals surface area (Å²) in [7, 11) is 0. The second-order valence-electron chi connectivity index (χ2n) is 8.30. The van der Waals surface area contributed by atoms with Crippen molar-refractivity contribution < 1.29 is 9.53 Å². The average molecular weight is 426 g/mol. The topological polar surface area (TPSA) is 47.4 Å². The van der Waals surface area contributed by atoms with Crippen LogP contribution < -0.4 is 9.64 Å². The van der Waals surface area contributed by atoms with Gasteiger partial charge in [0, 0.05) is 31.1 Å². The summed E-state index contributed by atoms with van der Waals surface area (Å²) in [6.45, 7) is 6.10. The molecule has 1 atom stereocenters. The normalized spacial score (nSPS) is 16.1. The number of anilines is 1. The van der Waals surface area contributed by atoms with Crippen molar-refractivity contribution in [3.8, 4) is 5.75 Å². The van der Waals surface area contributed by atoms with E-state index < -0.39 is 0 Å². The number of ether oxygens (including phenoxy) is 1. The molecule has 0 bridgehead atoms. The largest absolute Gasteiger partial charge is 0.494 e. The first-order valence-corrected chi connectivity index (χ1v) is 11.2. The fourth-order valence-corrected chi connectivity index (χ4v) is 4.55. The zero-order valence-corrected chi connectivity index (χ0v) is 18.5. The molecule has 5 heteroatoms. The van der Waals surface area contributed by atoms with Crippen molar-refractivity contribution in [1.29, 1.82) is 0 Å². The molecule has 0 unspecified atom stereocenters. The van der Waals surface area contributed by atoms with Crippen molar-refractivity contribution in [2.24, 2.45) is 0 Å². The standard InChI is InChI=1S/C27H27N3O2/c1-3-32-23-14-12-22(13-15-23)29-18-21(16-26(29)31)27-28-24-10-6-7-11-25(24)30(27)17-20-9-5-4-8-19(20)2/h4-15,21H,3,16-18H2,1-2H3/t21-/m1/s1. The predicted molar refractivity (Wildman–Crippen MR) is 127 cm³/mol. The van der Waals surface area contributed by atoms with Gasteiger partial charge in [-0.25, -0.2) is 4.98 Å². The van der Waals surface area contributed by atoms with E-state index in [4.69, 9.17) is 9.72 Å². The molecule has 1 aromatic heterocycles. The molecule has 1 saturated heterocycles. The van der Waals surface area contributed by atoms with Gasteiger partial charge in [-0.1, -0.05) is 36.4 Å². The maximum absolute atomic E-state index is 13.0. The van der Waals surface area contributed by atoms with E-state index in [0.717, 1.165) is 34.8 Å². The first-order valence-electron chi connectivity index (χ1n) is 11.2. The van der Waals surface area contributed by atoms with E-state index >= 15 is 0 Å². The molecule has 2 heterocycles. The Morgan fingerprint density at radius 1 is 1.00 bits per heavy atom. The molecule has 1 aliphatic rings. The van der Waals surface area contributed by atoms with E-state index in [0.29, 0.717) is 19.6 Å². The number of aromatic nitrogens is 2. The fourth-order valence-electron chi connectivity index (χ4n) is 4.55. The van der Waals surface area contributed by atoms with Gasteiger partial charge in [-0.3, -0.25) is 4.79 Å². The zero-order valence-electron chi connectivity index (χ0n) is 18.5. The molecule has 162 valence electrons. The Bertz CT molecular complexity index is 1260. The molecule has 3 aromatic carbocycles. The van der Waals surface area contributed by atoms with Gasteiger partial charge in [0.2, 0.25) is 5.91 Å². The van der Waals surface area contributed by atoms with Crippen LogP contribution in [0.3, 0.4) is 0 Å². The van der Waals surface area contributed by atoms with E-state index in [1.54, 1.807) is 0 Å². The van der Waals surface area contributed by atoms with Crippen molar-refractivity contribution in [2.75, 3.05) is 18.1 Å². The molecule has 5 nitrogen and oxygen atoms in total. The van der Waals surface area contributed by atoms with E-state index in [1.165, 1.54) is 11.1 Å². The molecular weight excluding hydrogens is 398 g/mol. The van der Waals surface area contributed by atoms with Crippen LogP contribution in [0.5, 0.6) is 5.75 Å². The van der Waals surface area contributed by atoms with Gasteiger partial charge in [0.1, 0.15) is 11.6 Å². The van der Waals surface area contributed by atoms with Gasteiger partial charge >= 0.3 is 0 Å². The molecule has 1 fully saturated rings. The Morgan fingerprint density at radius 2 is 1.75 bits per heavy atom. The third-order valence-electron chi connectivity index (χ3n) is 6.22. The van der Waals surface area contributed by atoms with Gasteiger partial charge in [-0.15, -0.1) is 0 Å². The highest BCUT2D eigenvalue weighted by molar-refractivity contribution is 5.96. The molecule has 1 amide bonds. The van der Waals surface area contributed by atoms with Crippen LogP contribution in [0.15, 0.2) is 72.8 Å². The smallest absolute Gasteiger partial charge is 0.227 e. The monoisotopic (exact) mass is 425 g/mol. The third kappa shape index (κ3) is 3.75. The Balaban J connectivity index is 1.48. The van der Waals surface area contributed by atoms with Crippen LogP contribution in [0.1, 0.15) is 36.2 Å². The van der Waals surface area contributed by atoms with Crippen molar-refractivity contribution in [2.45, 2.75) is 32.7 Å². The molecule has 0 spiro atoms. The molecule has 1 aliphatic heterocycles. The van der Waals surface area contributed by atoms with Gasteiger partial charge in [0.15, 0.2) is 0 Å². The van der Waals surface area contributed by atoms with Crippen LogP contribution in [0.4, 0.5) is 5.69 Å². The zero-order chi connectivity index (χ0) is 22.1. The second kappa shape index (κ2) is 8.50. The maximum atomic E-state index is 13.0. The molecular formula is C27H27N3O2. The van der Waals surface area contributed by atoms with Gasteiger partial charge in [-0.05, 0) is 61.4 Å². The molecule has 0 saturated carbocycles. The number of hydrogen-bond acceptors (Lipinski definition) is 3. The SMILES string of the molecule is CCOc1ccc(N2C[C@H](c3nc4ccccc4n3Cc3ccccc3C)CC2=O)cc1. The van der Waals surface area contributed by atoms with Crippen LogP contribution in [0, 0.1) is 6.92 Å². The van der Waals surface area contributed by atoms with E-state index in [2.05, 4.69) is 41.8 Å². The highest BCUT2D eigenvalue weighted by Gasteiger charge is 2.35. The van der Waals surface area contributed by atoms with Crippen LogP contribution in [-0.4, -0.2) is 28.6 Å². The minimum absolute atomic E-state index is 0.0467. The van der Waals surface area contributed by atoms with E-state index in [-0.39, 0.29) is 11.8 Å². The first kappa shape index (κ1) is 20.3. The molecule has 0 N–H and O–H groups in total. The van der Waals surface area contributed by atoms with Crippen LogP contribution in [-0.2, 0) is 11.3 Å². The Labute approximate surface area is 188 Å². The summed E-state index contributed by atoms with van der Waals surface area (Å²) in [6.07, 6.45) is 0.463. The Kier molecular flexibility index (Phi) is 5.39. The Hall–Kier alpha value is -3.60. The van der Waals surface area contributed by atoms with E-state index in [1.807, 2.05) is 54.3 Å². The number of carbonyl (C=O) groups excluding carboxylic acids is 1. The summed E-state index contributed by atoms with van der Waals surface area (Å²) in [5, 5.41) is 0. The lowest BCUT2D eigenvalue weighted by molar-refractivity contribution is -0.117. The summed E-state index contributed by atoms with van der Waals surface area (Å²) in [5.74, 6) is 1.98.